The molecule has 2 aromatic carbocycles. The van der Waals surface area contributed by atoms with Crippen LogP contribution in [0.25, 0.3) is 10.9 Å². The number of benzene rings is 2. The molecule has 0 bridgehead atoms. The van der Waals surface area contributed by atoms with Crippen LogP contribution in [0.3, 0.4) is 0 Å². The second kappa shape index (κ2) is 8.26. The normalized spacial score (nSPS) is 10.7. The van der Waals surface area contributed by atoms with E-state index in [0.717, 1.165) is 22.0 Å². The monoisotopic (exact) mass is 396 g/mol. The molecule has 0 saturated carbocycles. The standard InChI is InChI=1S/C22H24N2O5/c1-12-6-13(2)16-8-15(22(26)24-17(16)7-12)11-23-21(25)14-9-18(27-3)20(29-5)19(10-14)28-4/h6-10H,11H2,1-5H3,(H,23,25)(H,24,26). The molecule has 0 unspecified atom stereocenters. The number of amides is 1. The van der Waals surface area contributed by atoms with Crippen molar-refractivity contribution in [1.29, 1.82) is 0 Å². The third kappa shape index (κ3) is 4.03. The third-order valence-electron chi connectivity index (χ3n) is 4.76. The fraction of sp³-hybridized carbons (Fsp3) is 0.273. The SMILES string of the molecule is COc1cc(C(=O)NCc2cc3c(C)cc(C)cc3[nH]c2=O)cc(OC)c1OC. The number of carbonyl (C=O) groups excluding carboxylic acids is 1. The zero-order chi connectivity index (χ0) is 21.1. The van der Waals surface area contributed by atoms with Gasteiger partial charge in [-0.15, -0.1) is 0 Å². The van der Waals surface area contributed by atoms with Crippen LogP contribution in [0.2, 0.25) is 0 Å². The number of ether oxygens (including phenoxy) is 3. The molecule has 7 heteroatoms. The first-order valence-electron chi connectivity index (χ1n) is 9.09. The molecule has 152 valence electrons. The van der Waals surface area contributed by atoms with E-state index in [4.69, 9.17) is 14.2 Å². The van der Waals surface area contributed by atoms with E-state index in [0.29, 0.717) is 28.4 Å². The van der Waals surface area contributed by atoms with E-state index in [-0.39, 0.29) is 18.0 Å². The highest BCUT2D eigenvalue weighted by Gasteiger charge is 2.17. The molecule has 0 saturated heterocycles. The molecule has 1 amide bonds. The molecule has 3 aromatic rings. The zero-order valence-electron chi connectivity index (χ0n) is 17.1. The van der Waals surface area contributed by atoms with E-state index in [9.17, 15) is 9.59 Å². The highest BCUT2D eigenvalue weighted by Crippen LogP contribution is 2.38. The van der Waals surface area contributed by atoms with Crippen molar-refractivity contribution in [3.63, 3.8) is 0 Å². The average Bonchev–Trinajstić information content (AvgIpc) is 2.70. The third-order valence-corrected chi connectivity index (χ3v) is 4.76. The number of methoxy groups -OCH3 is 3. The summed E-state index contributed by atoms with van der Waals surface area (Å²) >= 11 is 0. The topological polar surface area (TPSA) is 89.7 Å². The molecule has 7 nitrogen and oxygen atoms in total. The van der Waals surface area contributed by atoms with Gasteiger partial charge in [0, 0.05) is 28.6 Å². The maximum Gasteiger partial charge on any atom is 0.253 e. The van der Waals surface area contributed by atoms with Gasteiger partial charge in [0.1, 0.15) is 0 Å². The minimum atomic E-state index is -0.357. The second-order valence-corrected chi connectivity index (χ2v) is 6.76. The van der Waals surface area contributed by atoms with E-state index in [2.05, 4.69) is 16.4 Å². The van der Waals surface area contributed by atoms with Gasteiger partial charge in [0.2, 0.25) is 5.75 Å². The van der Waals surface area contributed by atoms with E-state index >= 15 is 0 Å². The van der Waals surface area contributed by atoms with Crippen molar-refractivity contribution in [2.24, 2.45) is 0 Å². The Labute approximate surface area is 168 Å². The van der Waals surface area contributed by atoms with Gasteiger partial charge in [-0.25, -0.2) is 0 Å². The summed E-state index contributed by atoms with van der Waals surface area (Å²) < 4.78 is 15.8. The van der Waals surface area contributed by atoms with Crippen LogP contribution in [0.4, 0.5) is 0 Å². The molecule has 0 aliphatic rings. The highest BCUT2D eigenvalue weighted by molar-refractivity contribution is 5.95. The molecule has 0 fully saturated rings. The maximum atomic E-state index is 12.7. The van der Waals surface area contributed by atoms with Gasteiger partial charge in [0.05, 0.1) is 21.3 Å². The zero-order valence-corrected chi connectivity index (χ0v) is 17.1. The predicted octanol–water partition coefficient (Wildman–Crippen LogP) is 3.10. The Morgan fingerprint density at radius 3 is 2.21 bits per heavy atom. The summed E-state index contributed by atoms with van der Waals surface area (Å²) in [6, 6.07) is 8.93. The Morgan fingerprint density at radius 1 is 0.966 bits per heavy atom. The summed E-state index contributed by atoms with van der Waals surface area (Å²) in [5.41, 5.74) is 3.51. The van der Waals surface area contributed by atoms with Crippen molar-refractivity contribution in [3.05, 3.63) is 62.9 Å². The highest BCUT2D eigenvalue weighted by atomic mass is 16.5. The average molecular weight is 396 g/mol. The van der Waals surface area contributed by atoms with Gasteiger partial charge in [-0.05, 0) is 49.2 Å². The molecule has 0 aliphatic carbocycles. The maximum absolute atomic E-state index is 12.7. The molecule has 3 rings (SSSR count). The van der Waals surface area contributed by atoms with Crippen molar-refractivity contribution in [2.75, 3.05) is 21.3 Å². The van der Waals surface area contributed by atoms with Crippen LogP contribution < -0.4 is 25.1 Å². The van der Waals surface area contributed by atoms with Crippen LogP contribution in [0.1, 0.15) is 27.0 Å². The number of pyridine rings is 1. The minimum absolute atomic E-state index is 0.0914. The van der Waals surface area contributed by atoms with E-state index in [1.54, 1.807) is 12.1 Å². The van der Waals surface area contributed by atoms with Crippen molar-refractivity contribution in [3.8, 4) is 17.2 Å². The first-order chi connectivity index (χ1) is 13.9. The number of carbonyl (C=O) groups is 1. The van der Waals surface area contributed by atoms with Crippen molar-refractivity contribution in [1.82, 2.24) is 10.3 Å². The molecule has 0 aliphatic heterocycles. The van der Waals surface area contributed by atoms with Gasteiger partial charge in [0.25, 0.3) is 11.5 Å². The van der Waals surface area contributed by atoms with E-state index in [1.807, 2.05) is 26.0 Å². The fourth-order valence-corrected chi connectivity index (χ4v) is 3.34. The fourth-order valence-electron chi connectivity index (χ4n) is 3.34. The summed E-state index contributed by atoms with van der Waals surface area (Å²) in [5, 5.41) is 3.73. The number of aromatic amines is 1. The van der Waals surface area contributed by atoms with Gasteiger partial charge in [-0.1, -0.05) is 6.07 Å². The minimum Gasteiger partial charge on any atom is -0.493 e. The first kappa shape index (κ1) is 20.3. The Morgan fingerprint density at radius 2 is 1.62 bits per heavy atom. The van der Waals surface area contributed by atoms with Crippen molar-refractivity contribution >= 4 is 16.8 Å². The van der Waals surface area contributed by atoms with Gasteiger partial charge < -0.3 is 24.5 Å². The molecule has 1 aromatic heterocycles. The Bertz CT molecular complexity index is 1110. The number of rotatable bonds is 6. The number of hydrogen-bond acceptors (Lipinski definition) is 5. The summed E-state index contributed by atoms with van der Waals surface area (Å²) in [6.07, 6.45) is 0. The molecule has 0 radical (unpaired) electrons. The van der Waals surface area contributed by atoms with Crippen LogP contribution in [0, 0.1) is 13.8 Å². The summed E-state index contributed by atoms with van der Waals surface area (Å²) in [5.74, 6) is 0.811. The van der Waals surface area contributed by atoms with Crippen LogP contribution in [0.5, 0.6) is 17.2 Å². The van der Waals surface area contributed by atoms with Gasteiger partial charge in [-0.2, -0.15) is 0 Å². The van der Waals surface area contributed by atoms with Crippen LogP contribution in [-0.4, -0.2) is 32.2 Å². The number of aryl methyl sites for hydroxylation is 2. The van der Waals surface area contributed by atoms with Crippen molar-refractivity contribution < 1.29 is 19.0 Å². The van der Waals surface area contributed by atoms with Crippen LogP contribution in [0.15, 0.2) is 35.1 Å². The van der Waals surface area contributed by atoms with Gasteiger partial charge >= 0.3 is 0 Å². The van der Waals surface area contributed by atoms with E-state index < -0.39 is 0 Å². The van der Waals surface area contributed by atoms with Gasteiger partial charge in [0.15, 0.2) is 11.5 Å². The molecule has 0 spiro atoms. The number of nitrogens with one attached hydrogen (secondary N) is 2. The second-order valence-electron chi connectivity index (χ2n) is 6.76. The molecular formula is C22H24N2O5. The Balaban J connectivity index is 1.87. The van der Waals surface area contributed by atoms with Crippen LogP contribution in [-0.2, 0) is 6.54 Å². The summed E-state index contributed by atoms with van der Waals surface area (Å²) in [4.78, 5) is 28.0. The predicted molar refractivity (Wildman–Crippen MR) is 111 cm³/mol. The smallest absolute Gasteiger partial charge is 0.253 e. The largest absolute Gasteiger partial charge is 0.493 e. The molecule has 1 heterocycles. The molecular weight excluding hydrogens is 372 g/mol. The lowest BCUT2D eigenvalue weighted by molar-refractivity contribution is 0.0950. The number of H-pyrrole nitrogens is 1. The Hall–Kier alpha value is -3.48. The number of hydrogen-bond donors (Lipinski definition) is 2. The molecule has 29 heavy (non-hydrogen) atoms. The summed E-state index contributed by atoms with van der Waals surface area (Å²) in [7, 11) is 4.46. The number of aromatic nitrogens is 1. The van der Waals surface area contributed by atoms with E-state index in [1.165, 1.54) is 21.3 Å². The quantitative estimate of drug-likeness (QED) is 0.668. The van der Waals surface area contributed by atoms with Gasteiger partial charge in [-0.3, -0.25) is 9.59 Å². The van der Waals surface area contributed by atoms with Crippen LogP contribution >= 0.6 is 0 Å². The Kier molecular flexibility index (Phi) is 5.77. The summed E-state index contributed by atoms with van der Waals surface area (Å²) in [6.45, 7) is 4.07. The lowest BCUT2D eigenvalue weighted by Gasteiger charge is -2.14. The first-order valence-corrected chi connectivity index (χ1v) is 9.09. The molecule has 0 atom stereocenters. The lowest BCUT2D eigenvalue weighted by atomic mass is 10.0. The molecule has 2 N–H and O–H groups in total. The van der Waals surface area contributed by atoms with Crippen molar-refractivity contribution in [2.45, 2.75) is 20.4 Å². The lowest BCUT2D eigenvalue weighted by Crippen LogP contribution is -2.26. The number of fused-ring (bicyclic) bond motifs is 1.